The molecule has 0 unspecified atom stereocenters. The number of rotatable bonds is 4. The molecule has 0 aromatic heterocycles. The number of hydrogen-bond donors (Lipinski definition) is 0. The SMILES string of the molecule is CCCOc1cccc(C=O)c1Cl.c1cc2ccc1-2. The standard InChI is InChI=1S/C10H11ClO2.C6H4/c1-2-6-13-9-5-3-4-8(7-12)10(9)11;1-2-6-4-3-5(1)6/h3-5,7H,2,6H2,1H3;1-4H. The summed E-state index contributed by atoms with van der Waals surface area (Å²) in [5.41, 5.74) is 3.32. The van der Waals surface area contributed by atoms with E-state index in [0.29, 0.717) is 22.9 Å². The van der Waals surface area contributed by atoms with Gasteiger partial charge in [-0.05, 0) is 29.7 Å². The average Bonchev–Trinajstić information content (AvgIpc) is 2.42. The van der Waals surface area contributed by atoms with Gasteiger partial charge < -0.3 is 4.74 Å². The molecule has 0 aliphatic heterocycles. The van der Waals surface area contributed by atoms with Crippen LogP contribution in [0.4, 0.5) is 0 Å². The van der Waals surface area contributed by atoms with Crippen LogP contribution in [0.1, 0.15) is 23.7 Å². The number of carbonyl (C=O) groups excluding carboxylic acids is 1. The van der Waals surface area contributed by atoms with E-state index in [4.69, 9.17) is 16.3 Å². The van der Waals surface area contributed by atoms with Gasteiger partial charge in [0.1, 0.15) is 5.75 Å². The summed E-state index contributed by atoms with van der Waals surface area (Å²) < 4.78 is 5.34. The molecule has 3 heteroatoms. The van der Waals surface area contributed by atoms with Gasteiger partial charge in [0.05, 0.1) is 11.6 Å². The van der Waals surface area contributed by atoms with E-state index < -0.39 is 0 Å². The van der Waals surface area contributed by atoms with E-state index in [1.807, 2.05) is 6.92 Å². The highest BCUT2D eigenvalue weighted by atomic mass is 35.5. The summed E-state index contributed by atoms with van der Waals surface area (Å²) in [6.45, 7) is 2.62. The van der Waals surface area contributed by atoms with Crippen molar-refractivity contribution in [3.8, 4) is 16.9 Å². The van der Waals surface area contributed by atoms with Crippen molar-refractivity contribution in [1.82, 2.24) is 0 Å². The fourth-order valence-corrected chi connectivity index (χ4v) is 1.83. The van der Waals surface area contributed by atoms with Crippen LogP contribution in [0.2, 0.25) is 5.02 Å². The molecule has 0 saturated heterocycles. The minimum absolute atomic E-state index is 0.394. The molecule has 0 amide bonds. The number of aldehydes is 1. The molecule has 3 rings (SSSR count). The highest BCUT2D eigenvalue weighted by Crippen LogP contribution is 2.29. The molecule has 2 nitrogen and oxygen atoms in total. The molecular formula is C16H15ClO2. The van der Waals surface area contributed by atoms with Gasteiger partial charge in [-0.1, -0.05) is 48.9 Å². The first-order valence-electron chi connectivity index (χ1n) is 6.23. The quantitative estimate of drug-likeness (QED) is 0.650. The number of hydrogen-bond acceptors (Lipinski definition) is 2. The Morgan fingerprint density at radius 1 is 1.11 bits per heavy atom. The maximum Gasteiger partial charge on any atom is 0.151 e. The van der Waals surface area contributed by atoms with Crippen molar-refractivity contribution in [2.24, 2.45) is 0 Å². The summed E-state index contributed by atoms with van der Waals surface area (Å²) in [5.74, 6) is 0.577. The van der Waals surface area contributed by atoms with E-state index in [1.54, 1.807) is 18.2 Å². The summed E-state index contributed by atoms with van der Waals surface area (Å²) in [4.78, 5) is 10.5. The van der Waals surface area contributed by atoms with Crippen LogP contribution in [0.25, 0.3) is 11.1 Å². The van der Waals surface area contributed by atoms with Crippen LogP contribution in [-0.4, -0.2) is 12.9 Å². The second-order valence-corrected chi connectivity index (χ2v) is 4.58. The smallest absolute Gasteiger partial charge is 0.151 e. The van der Waals surface area contributed by atoms with Crippen LogP contribution < -0.4 is 4.74 Å². The van der Waals surface area contributed by atoms with Crippen molar-refractivity contribution in [3.05, 3.63) is 53.1 Å². The highest BCUT2D eigenvalue weighted by molar-refractivity contribution is 6.34. The molecule has 0 fully saturated rings. The Morgan fingerprint density at radius 2 is 1.74 bits per heavy atom. The molecular weight excluding hydrogens is 260 g/mol. The zero-order chi connectivity index (χ0) is 13.7. The van der Waals surface area contributed by atoms with Crippen LogP contribution in [0, 0.1) is 0 Å². The Labute approximate surface area is 118 Å². The molecule has 0 bridgehead atoms. The normalized spacial score (nSPS) is 10.2. The van der Waals surface area contributed by atoms with Gasteiger partial charge in [0.2, 0.25) is 0 Å². The maximum absolute atomic E-state index is 10.5. The largest absolute Gasteiger partial charge is 0.492 e. The lowest BCUT2D eigenvalue weighted by Gasteiger charge is -2.10. The van der Waals surface area contributed by atoms with Gasteiger partial charge in [-0.2, -0.15) is 0 Å². The van der Waals surface area contributed by atoms with Gasteiger partial charge in [0.15, 0.2) is 6.29 Å². The van der Waals surface area contributed by atoms with E-state index in [1.165, 1.54) is 11.1 Å². The zero-order valence-corrected chi connectivity index (χ0v) is 11.5. The molecule has 1 aromatic rings. The Bertz CT molecular complexity index is 540. The van der Waals surface area contributed by atoms with E-state index >= 15 is 0 Å². The molecule has 0 heterocycles. The third-order valence-corrected chi connectivity index (χ3v) is 3.20. The van der Waals surface area contributed by atoms with Gasteiger partial charge in [0, 0.05) is 5.56 Å². The van der Waals surface area contributed by atoms with Crippen LogP contribution in [0.5, 0.6) is 5.75 Å². The molecule has 0 N–H and O–H groups in total. The predicted molar refractivity (Wildman–Crippen MR) is 78.1 cm³/mol. The Morgan fingerprint density at radius 3 is 2.16 bits per heavy atom. The lowest BCUT2D eigenvalue weighted by molar-refractivity contribution is 0.112. The van der Waals surface area contributed by atoms with Gasteiger partial charge in [0.25, 0.3) is 0 Å². The lowest BCUT2D eigenvalue weighted by atomic mass is 9.95. The first-order chi connectivity index (χ1) is 9.26. The van der Waals surface area contributed by atoms with E-state index in [0.717, 1.165) is 12.7 Å². The van der Waals surface area contributed by atoms with Crippen LogP contribution in [0.15, 0.2) is 42.5 Å². The molecule has 2 aliphatic carbocycles. The topological polar surface area (TPSA) is 26.3 Å². The molecule has 1 aromatic carbocycles. The average molecular weight is 275 g/mol. The van der Waals surface area contributed by atoms with E-state index in [2.05, 4.69) is 24.3 Å². The first-order valence-corrected chi connectivity index (χ1v) is 6.61. The zero-order valence-electron chi connectivity index (χ0n) is 10.7. The number of ether oxygens (including phenoxy) is 1. The van der Waals surface area contributed by atoms with Crippen molar-refractivity contribution in [2.45, 2.75) is 13.3 Å². The number of fused-ring (bicyclic) bond motifs is 1. The van der Waals surface area contributed by atoms with Gasteiger partial charge in [-0.25, -0.2) is 0 Å². The second kappa shape index (κ2) is 6.39. The van der Waals surface area contributed by atoms with Gasteiger partial charge >= 0.3 is 0 Å². The van der Waals surface area contributed by atoms with Gasteiger partial charge in [-0.3, -0.25) is 4.79 Å². The van der Waals surface area contributed by atoms with E-state index in [-0.39, 0.29) is 0 Å². The predicted octanol–water partition coefficient (Wildman–Crippen LogP) is 4.61. The second-order valence-electron chi connectivity index (χ2n) is 4.20. The molecule has 0 saturated carbocycles. The summed E-state index contributed by atoms with van der Waals surface area (Å²) in [6, 6.07) is 13.6. The van der Waals surface area contributed by atoms with E-state index in [9.17, 15) is 4.79 Å². The Kier molecular flexibility index (Phi) is 4.58. The van der Waals surface area contributed by atoms with Crippen LogP contribution in [-0.2, 0) is 0 Å². The minimum Gasteiger partial charge on any atom is -0.492 e. The molecule has 2 aliphatic rings. The molecule has 19 heavy (non-hydrogen) atoms. The molecule has 0 radical (unpaired) electrons. The summed E-state index contributed by atoms with van der Waals surface area (Å²) >= 11 is 5.89. The van der Waals surface area contributed by atoms with Crippen molar-refractivity contribution in [3.63, 3.8) is 0 Å². The number of benzene rings is 2. The maximum atomic E-state index is 10.5. The molecule has 98 valence electrons. The number of halogens is 1. The van der Waals surface area contributed by atoms with Crippen molar-refractivity contribution < 1.29 is 9.53 Å². The molecule has 0 spiro atoms. The molecule has 0 atom stereocenters. The fraction of sp³-hybridized carbons (Fsp3) is 0.188. The first kappa shape index (κ1) is 13.6. The number of carbonyl (C=O) groups is 1. The monoisotopic (exact) mass is 274 g/mol. The third kappa shape index (κ3) is 3.15. The fourth-order valence-electron chi connectivity index (χ4n) is 1.60. The summed E-state index contributed by atoms with van der Waals surface area (Å²) in [5, 5.41) is 0.394. The summed E-state index contributed by atoms with van der Waals surface area (Å²) in [7, 11) is 0. The van der Waals surface area contributed by atoms with Crippen LogP contribution in [0.3, 0.4) is 0 Å². The van der Waals surface area contributed by atoms with Crippen molar-refractivity contribution in [1.29, 1.82) is 0 Å². The summed E-state index contributed by atoms with van der Waals surface area (Å²) in [6.07, 6.45) is 1.64. The van der Waals surface area contributed by atoms with Crippen molar-refractivity contribution in [2.75, 3.05) is 6.61 Å². The van der Waals surface area contributed by atoms with Crippen molar-refractivity contribution >= 4 is 17.9 Å². The third-order valence-electron chi connectivity index (χ3n) is 2.80. The highest BCUT2D eigenvalue weighted by Gasteiger charge is 2.05. The Balaban J connectivity index is 0.000000180. The Hall–Kier alpha value is -1.80. The van der Waals surface area contributed by atoms with Gasteiger partial charge in [-0.15, -0.1) is 0 Å². The minimum atomic E-state index is 0.394. The lowest BCUT2D eigenvalue weighted by Crippen LogP contribution is -1.96. The van der Waals surface area contributed by atoms with Crippen LogP contribution >= 0.6 is 11.6 Å².